The molecule has 0 aliphatic heterocycles. The van der Waals surface area contributed by atoms with Crippen LogP contribution in [0.2, 0.25) is 0 Å². The van der Waals surface area contributed by atoms with Crippen molar-refractivity contribution in [1.29, 1.82) is 0 Å². The average molecular weight is 312 g/mol. The number of carbonyl (C=O) groups excluding carboxylic acids is 2. The molecule has 1 aromatic heterocycles. The second-order valence-electron chi connectivity index (χ2n) is 5.35. The quantitative estimate of drug-likeness (QED) is 0.801. The molecule has 0 aliphatic carbocycles. The van der Waals surface area contributed by atoms with Crippen LogP contribution < -0.4 is 10.6 Å². The number of nitrogens with one attached hydrogen (secondary N) is 2. The molecule has 6 heteroatoms. The summed E-state index contributed by atoms with van der Waals surface area (Å²) < 4.78 is 0. The number of aromatic nitrogens is 2. The molecule has 1 aromatic carbocycles. The van der Waals surface area contributed by atoms with Crippen LogP contribution in [0.3, 0.4) is 0 Å². The summed E-state index contributed by atoms with van der Waals surface area (Å²) in [5, 5.41) is 13.8. The van der Waals surface area contributed by atoms with Crippen LogP contribution in [-0.4, -0.2) is 27.9 Å². The van der Waals surface area contributed by atoms with E-state index in [2.05, 4.69) is 27.8 Å². The Bertz CT molecular complexity index is 681. The zero-order valence-corrected chi connectivity index (χ0v) is 13.5. The van der Waals surface area contributed by atoms with Gasteiger partial charge in [0.1, 0.15) is 5.82 Å². The summed E-state index contributed by atoms with van der Waals surface area (Å²) >= 11 is 0. The maximum Gasteiger partial charge on any atom is 0.276 e. The molecule has 0 saturated heterocycles. The summed E-state index contributed by atoms with van der Waals surface area (Å²) in [6.45, 7) is 5.62. The Labute approximate surface area is 135 Å². The van der Waals surface area contributed by atoms with Crippen molar-refractivity contribution in [3.8, 4) is 0 Å². The first-order chi connectivity index (χ1) is 11.0. The Hall–Kier alpha value is -2.76. The van der Waals surface area contributed by atoms with Gasteiger partial charge >= 0.3 is 0 Å². The maximum atomic E-state index is 12.1. The molecule has 0 aliphatic rings. The minimum atomic E-state index is -0.344. The number of nitrogens with zero attached hydrogens (tertiary/aromatic N) is 2. The van der Waals surface area contributed by atoms with Gasteiger partial charge in [-0.05, 0) is 56.7 Å². The highest BCUT2D eigenvalue weighted by Gasteiger charge is 2.10. The molecule has 1 amide bonds. The van der Waals surface area contributed by atoms with E-state index in [0.29, 0.717) is 23.1 Å². The van der Waals surface area contributed by atoms with Crippen molar-refractivity contribution >= 4 is 23.2 Å². The Morgan fingerprint density at radius 3 is 2.30 bits per heavy atom. The SMILES string of the molecule is CCC(C)Nc1ccc(C(=O)Nc2ccc(C(C)=O)cc2)nn1. The second-order valence-corrected chi connectivity index (χ2v) is 5.35. The van der Waals surface area contributed by atoms with Gasteiger partial charge in [-0.3, -0.25) is 9.59 Å². The predicted molar refractivity (Wildman–Crippen MR) is 89.8 cm³/mol. The molecular weight excluding hydrogens is 292 g/mol. The first-order valence-electron chi connectivity index (χ1n) is 7.52. The van der Waals surface area contributed by atoms with Crippen LogP contribution >= 0.6 is 0 Å². The van der Waals surface area contributed by atoms with Crippen LogP contribution in [0.1, 0.15) is 48.0 Å². The first kappa shape index (κ1) is 16.6. The molecule has 120 valence electrons. The molecule has 6 nitrogen and oxygen atoms in total. The van der Waals surface area contributed by atoms with Crippen molar-refractivity contribution in [2.24, 2.45) is 0 Å². The van der Waals surface area contributed by atoms with Crippen molar-refractivity contribution < 1.29 is 9.59 Å². The summed E-state index contributed by atoms with van der Waals surface area (Å²) in [5.41, 5.74) is 1.43. The molecule has 23 heavy (non-hydrogen) atoms. The van der Waals surface area contributed by atoms with Gasteiger partial charge in [-0.1, -0.05) is 6.92 Å². The number of hydrogen-bond acceptors (Lipinski definition) is 5. The highest BCUT2D eigenvalue weighted by atomic mass is 16.2. The molecule has 0 bridgehead atoms. The van der Waals surface area contributed by atoms with Crippen LogP contribution in [0, 0.1) is 0 Å². The van der Waals surface area contributed by atoms with Gasteiger partial charge in [-0.15, -0.1) is 10.2 Å². The molecule has 0 spiro atoms. The van der Waals surface area contributed by atoms with Crippen molar-refractivity contribution in [3.05, 3.63) is 47.7 Å². The lowest BCUT2D eigenvalue weighted by Crippen LogP contribution is -2.17. The Kier molecular flexibility index (Phi) is 5.41. The van der Waals surface area contributed by atoms with Crippen LogP contribution in [0.25, 0.3) is 0 Å². The van der Waals surface area contributed by atoms with E-state index in [1.807, 2.05) is 6.92 Å². The summed E-state index contributed by atoms with van der Waals surface area (Å²) in [6, 6.07) is 10.3. The lowest BCUT2D eigenvalue weighted by atomic mass is 10.1. The highest BCUT2D eigenvalue weighted by molar-refractivity contribution is 6.03. The third-order valence-corrected chi connectivity index (χ3v) is 3.45. The minimum Gasteiger partial charge on any atom is -0.366 e. The van der Waals surface area contributed by atoms with Gasteiger partial charge in [0.15, 0.2) is 11.5 Å². The third-order valence-electron chi connectivity index (χ3n) is 3.45. The molecule has 0 radical (unpaired) electrons. The molecule has 2 aromatic rings. The third kappa shape index (κ3) is 4.60. The summed E-state index contributed by atoms with van der Waals surface area (Å²) in [5.74, 6) is 0.281. The van der Waals surface area contributed by atoms with E-state index in [1.54, 1.807) is 36.4 Å². The van der Waals surface area contributed by atoms with Crippen LogP contribution in [0.4, 0.5) is 11.5 Å². The van der Waals surface area contributed by atoms with E-state index in [0.717, 1.165) is 6.42 Å². The lowest BCUT2D eigenvalue weighted by molar-refractivity contribution is 0.101. The van der Waals surface area contributed by atoms with Crippen LogP contribution in [-0.2, 0) is 0 Å². The van der Waals surface area contributed by atoms with Crippen molar-refractivity contribution in [3.63, 3.8) is 0 Å². The topological polar surface area (TPSA) is 84.0 Å². The number of amides is 1. The Morgan fingerprint density at radius 2 is 1.78 bits per heavy atom. The van der Waals surface area contributed by atoms with Crippen LogP contribution in [0.5, 0.6) is 0 Å². The fraction of sp³-hybridized carbons (Fsp3) is 0.294. The van der Waals surface area contributed by atoms with Gasteiger partial charge in [-0.2, -0.15) is 0 Å². The average Bonchev–Trinajstić information content (AvgIpc) is 2.55. The van der Waals surface area contributed by atoms with Gasteiger partial charge in [-0.25, -0.2) is 0 Å². The summed E-state index contributed by atoms with van der Waals surface area (Å²) in [7, 11) is 0. The zero-order chi connectivity index (χ0) is 16.8. The van der Waals surface area contributed by atoms with Gasteiger partial charge in [0.25, 0.3) is 5.91 Å². The highest BCUT2D eigenvalue weighted by Crippen LogP contribution is 2.12. The van der Waals surface area contributed by atoms with Gasteiger partial charge in [0, 0.05) is 17.3 Å². The fourth-order valence-electron chi connectivity index (χ4n) is 1.87. The molecule has 1 atom stereocenters. The van der Waals surface area contributed by atoms with E-state index < -0.39 is 0 Å². The number of rotatable bonds is 6. The standard InChI is InChI=1S/C17H20N4O2/c1-4-11(2)18-16-10-9-15(20-21-16)17(23)19-14-7-5-13(6-8-14)12(3)22/h5-11H,4H2,1-3H3,(H,18,21)(H,19,23). The number of Topliss-reactive ketones (excluding diaryl/α,β-unsaturated/α-hetero) is 1. The Balaban J connectivity index is 2.01. The minimum absolute atomic E-state index is 0.0156. The van der Waals surface area contributed by atoms with E-state index >= 15 is 0 Å². The lowest BCUT2D eigenvalue weighted by Gasteiger charge is -2.11. The normalized spacial score (nSPS) is 11.6. The van der Waals surface area contributed by atoms with Crippen LogP contribution in [0.15, 0.2) is 36.4 Å². The Morgan fingerprint density at radius 1 is 1.09 bits per heavy atom. The number of anilines is 2. The molecule has 1 heterocycles. The summed E-state index contributed by atoms with van der Waals surface area (Å²) in [6.07, 6.45) is 0.972. The van der Waals surface area contributed by atoms with E-state index in [4.69, 9.17) is 0 Å². The van der Waals surface area contributed by atoms with Gasteiger partial charge in [0.2, 0.25) is 0 Å². The second kappa shape index (κ2) is 7.49. The largest absolute Gasteiger partial charge is 0.366 e. The zero-order valence-electron chi connectivity index (χ0n) is 13.5. The van der Waals surface area contributed by atoms with E-state index in [9.17, 15) is 9.59 Å². The predicted octanol–water partition coefficient (Wildman–Crippen LogP) is 3.14. The molecule has 0 fully saturated rings. The van der Waals surface area contributed by atoms with E-state index in [1.165, 1.54) is 6.92 Å². The summed E-state index contributed by atoms with van der Waals surface area (Å²) in [4.78, 5) is 23.3. The molecule has 2 N–H and O–H groups in total. The van der Waals surface area contributed by atoms with Gasteiger partial charge in [0.05, 0.1) is 0 Å². The smallest absolute Gasteiger partial charge is 0.276 e. The first-order valence-corrected chi connectivity index (χ1v) is 7.52. The number of benzene rings is 1. The monoisotopic (exact) mass is 312 g/mol. The van der Waals surface area contributed by atoms with Crippen molar-refractivity contribution in [1.82, 2.24) is 10.2 Å². The number of ketones is 1. The van der Waals surface area contributed by atoms with Crippen molar-refractivity contribution in [2.45, 2.75) is 33.2 Å². The molecular formula is C17H20N4O2. The molecule has 0 saturated carbocycles. The maximum absolute atomic E-state index is 12.1. The number of hydrogen-bond donors (Lipinski definition) is 2. The van der Waals surface area contributed by atoms with E-state index in [-0.39, 0.29) is 17.4 Å². The molecule has 1 unspecified atom stereocenters. The fourth-order valence-corrected chi connectivity index (χ4v) is 1.87. The van der Waals surface area contributed by atoms with Crippen molar-refractivity contribution in [2.75, 3.05) is 10.6 Å². The molecule has 2 rings (SSSR count). The number of carbonyl (C=O) groups is 2. The van der Waals surface area contributed by atoms with Gasteiger partial charge < -0.3 is 10.6 Å².